The standard InChI is InChI=1S/C18H20ClNO3S/c1-2-3-14-4-8-16(9-5-14)20-18(21)12-13-24(22,23)17-10-6-15(19)7-11-17/h4-11H,2-3,12-13H2,1H3,(H,20,21). The number of nitrogens with one attached hydrogen (secondary N) is 1. The summed E-state index contributed by atoms with van der Waals surface area (Å²) in [6.07, 6.45) is 1.96. The van der Waals surface area contributed by atoms with Gasteiger partial charge in [0.1, 0.15) is 0 Å². The fraction of sp³-hybridized carbons (Fsp3) is 0.278. The fourth-order valence-electron chi connectivity index (χ4n) is 2.25. The predicted octanol–water partition coefficient (Wildman–Crippen LogP) is 4.10. The summed E-state index contributed by atoms with van der Waals surface area (Å²) >= 11 is 5.75. The first-order valence-electron chi connectivity index (χ1n) is 7.78. The van der Waals surface area contributed by atoms with Crippen LogP contribution in [-0.2, 0) is 21.1 Å². The number of sulfone groups is 1. The van der Waals surface area contributed by atoms with E-state index in [0.717, 1.165) is 12.8 Å². The quantitative estimate of drug-likeness (QED) is 0.803. The molecule has 0 unspecified atom stereocenters. The highest BCUT2D eigenvalue weighted by atomic mass is 35.5. The van der Waals surface area contributed by atoms with E-state index in [1.807, 2.05) is 24.3 Å². The molecule has 4 nitrogen and oxygen atoms in total. The van der Waals surface area contributed by atoms with Crippen LogP contribution in [0.1, 0.15) is 25.3 Å². The molecule has 0 radical (unpaired) electrons. The number of amides is 1. The molecule has 0 saturated carbocycles. The predicted molar refractivity (Wildman–Crippen MR) is 97.2 cm³/mol. The molecule has 0 aliphatic carbocycles. The van der Waals surface area contributed by atoms with Crippen LogP contribution in [0.4, 0.5) is 5.69 Å². The Hall–Kier alpha value is -1.85. The second-order valence-corrected chi connectivity index (χ2v) is 8.06. The third-order valence-electron chi connectivity index (χ3n) is 3.55. The molecule has 0 heterocycles. The van der Waals surface area contributed by atoms with Gasteiger partial charge in [-0.2, -0.15) is 0 Å². The highest BCUT2D eigenvalue weighted by Gasteiger charge is 2.16. The van der Waals surface area contributed by atoms with Gasteiger partial charge in [-0.1, -0.05) is 37.1 Å². The second-order valence-electron chi connectivity index (χ2n) is 5.52. The van der Waals surface area contributed by atoms with Gasteiger partial charge in [-0.3, -0.25) is 4.79 Å². The highest BCUT2D eigenvalue weighted by molar-refractivity contribution is 7.91. The average Bonchev–Trinajstić information content (AvgIpc) is 2.56. The molecule has 2 aromatic carbocycles. The Morgan fingerprint density at radius 2 is 1.67 bits per heavy atom. The minimum absolute atomic E-state index is 0.0956. The van der Waals surface area contributed by atoms with Crippen LogP contribution in [0.3, 0.4) is 0 Å². The number of carbonyl (C=O) groups is 1. The molecular formula is C18H20ClNO3S. The van der Waals surface area contributed by atoms with Crippen molar-refractivity contribution < 1.29 is 13.2 Å². The molecule has 0 atom stereocenters. The van der Waals surface area contributed by atoms with Crippen LogP contribution in [0.15, 0.2) is 53.4 Å². The third-order valence-corrected chi connectivity index (χ3v) is 5.53. The van der Waals surface area contributed by atoms with Crippen molar-refractivity contribution in [1.82, 2.24) is 0 Å². The second kappa shape index (κ2) is 8.31. The Balaban J connectivity index is 1.91. The number of hydrogen-bond donors (Lipinski definition) is 1. The molecule has 24 heavy (non-hydrogen) atoms. The Morgan fingerprint density at radius 1 is 1.04 bits per heavy atom. The molecule has 0 aromatic heterocycles. The molecule has 0 aliphatic heterocycles. The van der Waals surface area contributed by atoms with Crippen molar-refractivity contribution in [1.29, 1.82) is 0 Å². The van der Waals surface area contributed by atoms with Crippen LogP contribution in [-0.4, -0.2) is 20.1 Å². The number of aryl methyl sites for hydroxylation is 1. The molecule has 0 aliphatic rings. The van der Waals surface area contributed by atoms with Crippen molar-refractivity contribution in [2.24, 2.45) is 0 Å². The minimum Gasteiger partial charge on any atom is -0.326 e. The number of anilines is 1. The lowest BCUT2D eigenvalue weighted by atomic mass is 10.1. The van der Waals surface area contributed by atoms with E-state index in [0.29, 0.717) is 10.7 Å². The molecule has 2 rings (SSSR count). The van der Waals surface area contributed by atoms with Crippen LogP contribution < -0.4 is 5.32 Å². The van der Waals surface area contributed by atoms with E-state index >= 15 is 0 Å². The first kappa shape index (κ1) is 18.5. The third kappa shape index (κ3) is 5.35. The van der Waals surface area contributed by atoms with Crippen LogP contribution in [0.2, 0.25) is 5.02 Å². The summed E-state index contributed by atoms with van der Waals surface area (Å²) in [5.41, 5.74) is 1.88. The van der Waals surface area contributed by atoms with Crippen LogP contribution in [0.5, 0.6) is 0 Å². The maximum atomic E-state index is 12.2. The largest absolute Gasteiger partial charge is 0.326 e. The average molecular weight is 366 g/mol. The van der Waals surface area contributed by atoms with Gasteiger partial charge in [0, 0.05) is 17.1 Å². The Morgan fingerprint density at radius 3 is 2.25 bits per heavy atom. The van der Waals surface area contributed by atoms with Crippen molar-refractivity contribution in [3.8, 4) is 0 Å². The lowest BCUT2D eigenvalue weighted by Gasteiger charge is -2.07. The maximum absolute atomic E-state index is 12.2. The molecule has 0 fully saturated rings. The number of halogens is 1. The Kier molecular flexibility index (Phi) is 6.40. The monoisotopic (exact) mass is 365 g/mol. The van der Waals surface area contributed by atoms with Crippen molar-refractivity contribution >= 4 is 33.0 Å². The SMILES string of the molecule is CCCc1ccc(NC(=O)CCS(=O)(=O)c2ccc(Cl)cc2)cc1. The number of carbonyl (C=O) groups excluding carboxylic acids is 1. The molecule has 0 saturated heterocycles. The van der Waals surface area contributed by atoms with Crippen LogP contribution in [0.25, 0.3) is 0 Å². The van der Waals surface area contributed by atoms with Gasteiger partial charge in [-0.15, -0.1) is 0 Å². The normalized spacial score (nSPS) is 11.2. The summed E-state index contributed by atoms with van der Waals surface area (Å²) in [4.78, 5) is 12.1. The molecule has 128 valence electrons. The summed E-state index contributed by atoms with van der Waals surface area (Å²) < 4.78 is 24.4. The van der Waals surface area contributed by atoms with Crippen LogP contribution in [0, 0.1) is 0 Å². The summed E-state index contributed by atoms with van der Waals surface area (Å²) in [6.45, 7) is 2.11. The zero-order valence-electron chi connectivity index (χ0n) is 13.5. The smallest absolute Gasteiger partial charge is 0.225 e. The maximum Gasteiger partial charge on any atom is 0.225 e. The Labute approximate surface area is 147 Å². The Bertz CT molecular complexity index is 784. The molecule has 1 N–H and O–H groups in total. The molecular weight excluding hydrogens is 346 g/mol. The van der Waals surface area contributed by atoms with Gasteiger partial charge in [0.2, 0.25) is 5.91 Å². The van der Waals surface area contributed by atoms with Crippen molar-refractivity contribution in [2.75, 3.05) is 11.1 Å². The highest BCUT2D eigenvalue weighted by Crippen LogP contribution is 2.16. The zero-order valence-corrected chi connectivity index (χ0v) is 15.0. The fourth-order valence-corrected chi connectivity index (χ4v) is 3.62. The van der Waals surface area contributed by atoms with E-state index in [-0.39, 0.29) is 23.0 Å². The summed E-state index contributed by atoms with van der Waals surface area (Å²) in [7, 11) is -3.50. The summed E-state index contributed by atoms with van der Waals surface area (Å²) in [5, 5.41) is 3.19. The van der Waals surface area contributed by atoms with E-state index in [9.17, 15) is 13.2 Å². The summed E-state index contributed by atoms with van der Waals surface area (Å²) in [5.74, 6) is -0.565. The minimum atomic E-state index is -3.50. The van der Waals surface area contributed by atoms with Crippen LogP contribution >= 0.6 is 11.6 Å². The first-order chi connectivity index (χ1) is 11.4. The van der Waals surface area contributed by atoms with E-state index < -0.39 is 9.84 Å². The molecule has 0 bridgehead atoms. The van der Waals surface area contributed by atoms with Crippen molar-refractivity contribution in [3.05, 3.63) is 59.1 Å². The number of benzene rings is 2. The topological polar surface area (TPSA) is 63.2 Å². The van der Waals surface area contributed by atoms with Gasteiger partial charge in [0.15, 0.2) is 9.84 Å². The van der Waals surface area contributed by atoms with E-state index in [1.54, 1.807) is 0 Å². The van der Waals surface area contributed by atoms with Crippen molar-refractivity contribution in [2.45, 2.75) is 31.1 Å². The lowest BCUT2D eigenvalue weighted by Crippen LogP contribution is -2.17. The molecule has 6 heteroatoms. The zero-order chi connectivity index (χ0) is 17.6. The van der Waals surface area contributed by atoms with Gasteiger partial charge >= 0.3 is 0 Å². The molecule has 1 amide bonds. The lowest BCUT2D eigenvalue weighted by molar-refractivity contribution is -0.115. The van der Waals surface area contributed by atoms with Gasteiger partial charge < -0.3 is 5.32 Å². The van der Waals surface area contributed by atoms with Gasteiger partial charge in [0.05, 0.1) is 10.6 Å². The van der Waals surface area contributed by atoms with E-state index in [2.05, 4.69) is 12.2 Å². The summed E-state index contributed by atoms with van der Waals surface area (Å²) in [6, 6.07) is 13.5. The number of hydrogen-bond acceptors (Lipinski definition) is 3. The molecule has 2 aromatic rings. The van der Waals surface area contributed by atoms with Gasteiger partial charge in [-0.05, 0) is 48.4 Å². The van der Waals surface area contributed by atoms with E-state index in [4.69, 9.17) is 11.6 Å². The number of rotatable bonds is 7. The van der Waals surface area contributed by atoms with Crippen molar-refractivity contribution in [3.63, 3.8) is 0 Å². The molecule has 0 spiro atoms. The first-order valence-corrected chi connectivity index (χ1v) is 9.81. The van der Waals surface area contributed by atoms with E-state index in [1.165, 1.54) is 29.8 Å². The van der Waals surface area contributed by atoms with Gasteiger partial charge in [-0.25, -0.2) is 8.42 Å². The van der Waals surface area contributed by atoms with Gasteiger partial charge in [0.25, 0.3) is 0 Å².